The van der Waals surface area contributed by atoms with E-state index in [-0.39, 0.29) is 0 Å². The fourth-order valence-corrected chi connectivity index (χ4v) is 0.997. The van der Waals surface area contributed by atoms with Crippen molar-refractivity contribution in [3.63, 3.8) is 0 Å². The summed E-state index contributed by atoms with van der Waals surface area (Å²) in [6.07, 6.45) is 6.91. The molecule has 1 aliphatic rings. The lowest BCUT2D eigenvalue weighted by molar-refractivity contribution is 0.386. The molecule has 0 saturated carbocycles. The first-order valence-electron chi connectivity index (χ1n) is 3.41. The third-order valence-electron chi connectivity index (χ3n) is 1.57. The van der Waals surface area contributed by atoms with Gasteiger partial charge in [-0.25, -0.2) is 0 Å². The molecule has 0 spiro atoms. The van der Waals surface area contributed by atoms with Crippen molar-refractivity contribution < 1.29 is 5.11 Å². The van der Waals surface area contributed by atoms with E-state index in [1.165, 1.54) is 5.57 Å². The Morgan fingerprint density at radius 2 is 2.44 bits per heavy atom. The summed E-state index contributed by atoms with van der Waals surface area (Å²) >= 11 is 0. The molecule has 0 atom stereocenters. The van der Waals surface area contributed by atoms with Crippen molar-refractivity contribution in [1.82, 2.24) is 0 Å². The van der Waals surface area contributed by atoms with Gasteiger partial charge in [0.2, 0.25) is 0 Å². The summed E-state index contributed by atoms with van der Waals surface area (Å²) in [5, 5.41) is 9.03. The fourth-order valence-electron chi connectivity index (χ4n) is 0.997. The molecule has 0 aromatic carbocycles. The maximum Gasteiger partial charge on any atom is 0.0928 e. The van der Waals surface area contributed by atoms with Gasteiger partial charge in [0.1, 0.15) is 0 Å². The zero-order valence-corrected chi connectivity index (χ0v) is 5.72. The van der Waals surface area contributed by atoms with E-state index in [0.29, 0.717) is 5.76 Å². The van der Waals surface area contributed by atoms with E-state index in [9.17, 15) is 0 Å². The average molecular weight is 124 g/mol. The third-order valence-corrected chi connectivity index (χ3v) is 1.57. The highest BCUT2D eigenvalue weighted by atomic mass is 16.3. The summed E-state index contributed by atoms with van der Waals surface area (Å²) in [6, 6.07) is 0. The molecule has 0 aromatic heterocycles. The normalized spacial score (nSPS) is 18.8. The second-order valence-electron chi connectivity index (χ2n) is 2.31. The van der Waals surface area contributed by atoms with E-state index < -0.39 is 0 Å². The molecule has 1 nitrogen and oxygen atoms in total. The van der Waals surface area contributed by atoms with Gasteiger partial charge in [0.25, 0.3) is 0 Å². The lowest BCUT2D eigenvalue weighted by atomic mass is 10.0. The third kappa shape index (κ3) is 1.60. The van der Waals surface area contributed by atoms with Crippen molar-refractivity contribution in [3.05, 3.63) is 23.5 Å². The van der Waals surface area contributed by atoms with Crippen LogP contribution in [0.5, 0.6) is 0 Å². The Balaban J connectivity index is 2.63. The number of rotatable bonds is 1. The molecule has 0 bridgehead atoms. The molecule has 0 saturated heterocycles. The largest absolute Gasteiger partial charge is 0.512 e. The van der Waals surface area contributed by atoms with Crippen LogP contribution in [0.25, 0.3) is 0 Å². The summed E-state index contributed by atoms with van der Waals surface area (Å²) in [7, 11) is 0. The highest BCUT2D eigenvalue weighted by Gasteiger charge is 2.00. The van der Waals surface area contributed by atoms with Crippen LogP contribution in [-0.4, -0.2) is 5.11 Å². The van der Waals surface area contributed by atoms with Crippen LogP contribution in [-0.2, 0) is 0 Å². The van der Waals surface area contributed by atoms with Gasteiger partial charge in [-0.05, 0) is 24.5 Å². The molecule has 0 fully saturated rings. The van der Waals surface area contributed by atoms with Gasteiger partial charge in [0.05, 0.1) is 5.76 Å². The Labute approximate surface area is 55.7 Å². The van der Waals surface area contributed by atoms with Crippen molar-refractivity contribution in [2.24, 2.45) is 0 Å². The molecule has 50 valence electrons. The van der Waals surface area contributed by atoms with E-state index in [1.807, 2.05) is 6.08 Å². The quantitative estimate of drug-likeness (QED) is 0.569. The van der Waals surface area contributed by atoms with Crippen molar-refractivity contribution in [2.75, 3.05) is 0 Å². The van der Waals surface area contributed by atoms with Gasteiger partial charge < -0.3 is 5.11 Å². The van der Waals surface area contributed by atoms with Crippen LogP contribution >= 0.6 is 0 Å². The Morgan fingerprint density at radius 3 is 2.89 bits per heavy atom. The van der Waals surface area contributed by atoms with Crippen molar-refractivity contribution >= 4 is 0 Å². The van der Waals surface area contributed by atoms with Crippen LogP contribution < -0.4 is 0 Å². The molecule has 1 rings (SSSR count). The summed E-state index contributed by atoms with van der Waals surface area (Å²) in [6.45, 7) is 2.10. The number of hydrogen-bond donors (Lipinski definition) is 1. The van der Waals surface area contributed by atoms with Gasteiger partial charge in [0, 0.05) is 6.42 Å². The van der Waals surface area contributed by atoms with Crippen LogP contribution in [0, 0.1) is 0 Å². The van der Waals surface area contributed by atoms with Gasteiger partial charge in [-0.3, -0.25) is 0 Å². The van der Waals surface area contributed by atoms with Gasteiger partial charge in [0.15, 0.2) is 0 Å². The molecule has 0 amide bonds. The number of aliphatic hydroxyl groups excluding tert-OH is 1. The fraction of sp³-hybridized carbons (Fsp3) is 0.500. The molecule has 0 unspecified atom stereocenters. The van der Waals surface area contributed by atoms with Crippen molar-refractivity contribution in [3.8, 4) is 0 Å². The van der Waals surface area contributed by atoms with Crippen LogP contribution in [0.3, 0.4) is 0 Å². The summed E-state index contributed by atoms with van der Waals surface area (Å²) < 4.78 is 0. The molecule has 0 heterocycles. The second-order valence-corrected chi connectivity index (χ2v) is 2.31. The molecule has 0 radical (unpaired) electrons. The first kappa shape index (κ1) is 6.40. The lowest BCUT2D eigenvalue weighted by Crippen LogP contribution is -1.89. The zero-order valence-electron chi connectivity index (χ0n) is 5.72. The van der Waals surface area contributed by atoms with Gasteiger partial charge in [-0.1, -0.05) is 13.0 Å². The SMILES string of the molecule is CCC1=CCCC(O)=C1. The summed E-state index contributed by atoms with van der Waals surface area (Å²) in [5.41, 5.74) is 1.26. The smallest absolute Gasteiger partial charge is 0.0928 e. The average Bonchev–Trinajstić information content (AvgIpc) is 1.88. The van der Waals surface area contributed by atoms with E-state index >= 15 is 0 Å². The molecule has 9 heavy (non-hydrogen) atoms. The van der Waals surface area contributed by atoms with Gasteiger partial charge >= 0.3 is 0 Å². The summed E-state index contributed by atoms with van der Waals surface area (Å²) in [4.78, 5) is 0. The molecular formula is C8H12O. The summed E-state index contributed by atoms with van der Waals surface area (Å²) in [5.74, 6) is 0.536. The first-order chi connectivity index (χ1) is 4.33. The molecule has 0 aliphatic heterocycles. The van der Waals surface area contributed by atoms with Crippen LogP contribution in [0.15, 0.2) is 23.5 Å². The minimum absolute atomic E-state index is 0.536. The molecule has 1 heteroatoms. The van der Waals surface area contributed by atoms with E-state index in [4.69, 9.17) is 5.11 Å². The van der Waals surface area contributed by atoms with Gasteiger partial charge in [-0.2, -0.15) is 0 Å². The van der Waals surface area contributed by atoms with Crippen LogP contribution in [0.4, 0.5) is 0 Å². The lowest BCUT2D eigenvalue weighted by Gasteiger charge is -2.06. The van der Waals surface area contributed by atoms with Crippen LogP contribution in [0.1, 0.15) is 26.2 Å². The van der Waals surface area contributed by atoms with E-state index in [2.05, 4.69) is 13.0 Å². The monoisotopic (exact) mass is 124 g/mol. The van der Waals surface area contributed by atoms with Crippen molar-refractivity contribution in [2.45, 2.75) is 26.2 Å². The Morgan fingerprint density at radius 1 is 1.67 bits per heavy atom. The Bertz CT molecular complexity index is 154. The second kappa shape index (κ2) is 2.72. The Hall–Kier alpha value is -0.720. The molecule has 1 N–H and O–H groups in total. The standard InChI is InChI=1S/C8H12O/c1-2-7-4-3-5-8(9)6-7/h4,6,9H,2-3,5H2,1H3. The van der Waals surface area contributed by atoms with Crippen molar-refractivity contribution in [1.29, 1.82) is 0 Å². The van der Waals surface area contributed by atoms with E-state index in [0.717, 1.165) is 19.3 Å². The minimum atomic E-state index is 0.536. The Kier molecular flexibility index (Phi) is 1.93. The maximum absolute atomic E-state index is 9.03. The van der Waals surface area contributed by atoms with Gasteiger partial charge in [-0.15, -0.1) is 0 Å². The van der Waals surface area contributed by atoms with Crippen LogP contribution in [0.2, 0.25) is 0 Å². The molecule has 1 aliphatic carbocycles. The highest BCUT2D eigenvalue weighted by molar-refractivity contribution is 5.23. The minimum Gasteiger partial charge on any atom is -0.512 e. The predicted molar refractivity (Wildman–Crippen MR) is 38.3 cm³/mol. The number of hydrogen-bond acceptors (Lipinski definition) is 1. The zero-order chi connectivity index (χ0) is 6.69. The number of aliphatic hydroxyl groups is 1. The maximum atomic E-state index is 9.03. The molecule has 0 aromatic rings. The first-order valence-corrected chi connectivity index (χ1v) is 3.41. The number of allylic oxidation sites excluding steroid dienone is 4. The predicted octanol–water partition coefficient (Wildman–Crippen LogP) is 2.56. The van der Waals surface area contributed by atoms with E-state index in [1.54, 1.807) is 0 Å². The topological polar surface area (TPSA) is 20.2 Å². The molecular weight excluding hydrogens is 112 g/mol. The highest BCUT2D eigenvalue weighted by Crippen LogP contribution is 2.16.